The fourth-order valence-electron chi connectivity index (χ4n) is 3.93. The van der Waals surface area contributed by atoms with Gasteiger partial charge in [-0.2, -0.15) is 0 Å². The molecule has 0 fully saturated rings. The van der Waals surface area contributed by atoms with Gasteiger partial charge in [0.25, 0.3) is 0 Å². The Morgan fingerprint density at radius 2 is 1.96 bits per heavy atom. The Bertz CT molecular complexity index is 908. The maximum absolute atomic E-state index is 6.04. The van der Waals surface area contributed by atoms with Crippen molar-refractivity contribution in [1.82, 2.24) is 9.47 Å². The molecule has 1 aliphatic rings. The van der Waals surface area contributed by atoms with Crippen LogP contribution >= 0.6 is 0 Å². The smallest absolute Gasteiger partial charge is 0.128 e. The third-order valence-corrected chi connectivity index (χ3v) is 5.06. The van der Waals surface area contributed by atoms with Crippen molar-refractivity contribution in [1.29, 1.82) is 0 Å². The lowest BCUT2D eigenvalue weighted by atomic mass is 10.0. The van der Waals surface area contributed by atoms with E-state index in [0.29, 0.717) is 0 Å². The molecule has 0 unspecified atom stereocenters. The number of hydrogen-bond donors (Lipinski definition) is 0. The van der Waals surface area contributed by atoms with E-state index < -0.39 is 0 Å². The fraction of sp³-hybridized carbons (Fsp3) is 0.364. The molecule has 3 nitrogen and oxygen atoms in total. The van der Waals surface area contributed by atoms with E-state index in [0.717, 1.165) is 38.3 Å². The summed E-state index contributed by atoms with van der Waals surface area (Å²) in [7, 11) is 4.28. The lowest BCUT2D eigenvalue weighted by Crippen LogP contribution is -2.15. The van der Waals surface area contributed by atoms with Crippen molar-refractivity contribution in [3.8, 4) is 17.0 Å². The minimum absolute atomic E-state index is 0.745. The van der Waals surface area contributed by atoms with Crippen molar-refractivity contribution in [3.63, 3.8) is 0 Å². The number of fused-ring (bicyclic) bond motifs is 5. The minimum atomic E-state index is 0.745. The lowest BCUT2D eigenvalue weighted by Gasteiger charge is -2.15. The summed E-state index contributed by atoms with van der Waals surface area (Å²) < 4.78 is 8.56. The first-order valence-electron chi connectivity index (χ1n) is 9.14. The lowest BCUT2D eigenvalue weighted by molar-refractivity contribution is 0.327. The van der Waals surface area contributed by atoms with Crippen LogP contribution in [0.4, 0.5) is 0 Å². The maximum atomic E-state index is 6.04. The Morgan fingerprint density at radius 3 is 2.80 bits per heavy atom. The van der Waals surface area contributed by atoms with Gasteiger partial charge in [0.05, 0.1) is 12.3 Å². The highest BCUT2D eigenvalue weighted by molar-refractivity contribution is 5.93. The first-order valence-corrected chi connectivity index (χ1v) is 9.14. The number of rotatable bonds is 4. The monoisotopic (exact) mass is 334 g/mol. The van der Waals surface area contributed by atoms with Gasteiger partial charge < -0.3 is 14.2 Å². The normalized spacial score (nSPS) is 13.4. The van der Waals surface area contributed by atoms with Crippen molar-refractivity contribution in [2.24, 2.45) is 0 Å². The zero-order chi connectivity index (χ0) is 17.4. The molecule has 0 amide bonds. The number of aryl methyl sites for hydroxylation is 2. The first-order chi connectivity index (χ1) is 12.1. The van der Waals surface area contributed by atoms with Crippen LogP contribution < -0.4 is 4.74 Å². The average Bonchev–Trinajstić information content (AvgIpc) is 2.76. The van der Waals surface area contributed by atoms with Crippen molar-refractivity contribution in [3.05, 3.63) is 53.6 Å². The van der Waals surface area contributed by atoms with Crippen LogP contribution in [0.5, 0.6) is 5.75 Å². The van der Waals surface area contributed by atoms with Gasteiger partial charge in [0.1, 0.15) is 5.75 Å². The summed E-state index contributed by atoms with van der Waals surface area (Å²) in [6.07, 6.45) is 2.10. The van der Waals surface area contributed by atoms with Gasteiger partial charge in [-0.3, -0.25) is 0 Å². The summed E-state index contributed by atoms with van der Waals surface area (Å²) in [5.74, 6) is 1.01. The predicted octanol–water partition coefficient (Wildman–Crippen LogP) is 4.50. The third-order valence-electron chi connectivity index (χ3n) is 5.06. The molecule has 0 N–H and O–H groups in total. The SMILES string of the molecule is Cc1ccc2c(c1)c1c(n2CCCN(C)C)-c2ccccc2OCC1. The summed E-state index contributed by atoms with van der Waals surface area (Å²) in [6, 6.07) is 15.3. The Hall–Kier alpha value is -2.26. The zero-order valence-corrected chi connectivity index (χ0v) is 15.4. The molecule has 0 bridgehead atoms. The summed E-state index contributed by atoms with van der Waals surface area (Å²) in [5.41, 5.74) is 6.69. The fourth-order valence-corrected chi connectivity index (χ4v) is 3.93. The molecule has 0 aliphatic carbocycles. The second-order valence-corrected chi connectivity index (χ2v) is 7.25. The molecule has 2 heterocycles. The summed E-state index contributed by atoms with van der Waals surface area (Å²) in [4.78, 5) is 2.26. The standard InChI is InChI=1S/C22H26N2O/c1-16-9-10-20-19(15-16)17-11-14-25-21-8-5-4-7-18(21)22(17)24(20)13-6-12-23(2)3/h4-5,7-10,15H,6,11-14H2,1-3H3. The van der Waals surface area contributed by atoms with Crippen LogP contribution in [0.2, 0.25) is 0 Å². The van der Waals surface area contributed by atoms with Crippen molar-refractivity contribution in [2.75, 3.05) is 27.2 Å². The molecule has 0 radical (unpaired) electrons. The van der Waals surface area contributed by atoms with E-state index in [9.17, 15) is 0 Å². The highest BCUT2D eigenvalue weighted by Gasteiger charge is 2.23. The number of ether oxygens (including phenoxy) is 1. The van der Waals surface area contributed by atoms with Gasteiger partial charge in [0.2, 0.25) is 0 Å². The van der Waals surface area contributed by atoms with Gasteiger partial charge in [-0.25, -0.2) is 0 Å². The zero-order valence-electron chi connectivity index (χ0n) is 15.4. The average molecular weight is 334 g/mol. The van der Waals surface area contributed by atoms with Gasteiger partial charge in [0, 0.05) is 29.4 Å². The van der Waals surface area contributed by atoms with Crippen LogP contribution in [0.25, 0.3) is 22.2 Å². The van der Waals surface area contributed by atoms with Crippen molar-refractivity contribution >= 4 is 10.9 Å². The first kappa shape index (κ1) is 16.2. The molecule has 0 saturated heterocycles. The molecule has 130 valence electrons. The second kappa shape index (κ2) is 6.57. The molecule has 0 saturated carbocycles. The van der Waals surface area contributed by atoms with Crippen LogP contribution in [0.3, 0.4) is 0 Å². The highest BCUT2D eigenvalue weighted by Crippen LogP contribution is 2.41. The van der Waals surface area contributed by atoms with E-state index in [2.05, 4.69) is 73.0 Å². The Kier molecular flexibility index (Phi) is 4.26. The van der Waals surface area contributed by atoms with Crippen LogP contribution in [0, 0.1) is 6.92 Å². The summed E-state index contributed by atoms with van der Waals surface area (Å²) in [6.45, 7) is 5.05. The molecule has 3 aromatic rings. The summed E-state index contributed by atoms with van der Waals surface area (Å²) in [5, 5.41) is 1.39. The number of aromatic nitrogens is 1. The second-order valence-electron chi connectivity index (χ2n) is 7.25. The number of hydrogen-bond acceptors (Lipinski definition) is 2. The maximum Gasteiger partial charge on any atom is 0.128 e. The van der Waals surface area contributed by atoms with Crippen LogP contribution in [0.1, 0.15) is 17.5 Å². The Balaban J connectivity index is 1.93. The topological polar surface area (TPSA) is 17.4 Å². The number of nitrogens with zero attached hydrogens (tertiary/aromatic N) is 2. The molecule has 0 atom stereocenters. The van der Waals surface area contributed by atoms with Crippen LogP contribution in [-0.2, 0) is 13.0 Å². The Morgan fingerprint density at radius 1 is 1.12 bits per heavy atom. The molecular formula is C22H26N2O. The molecule has 0 spiro atoms. The van der Waals surface area contributed by atoms with E-state index in [1.165, 1.54) is 33.3 Å². The largest absolute Gasteiger partial charge is 0.493 e. The van der Waals surface area contributed by atoms with E-state index in [1.807, 2.05) is 0 Å². The van der Waals surface area contributed by atoms with Crippen LogP contribution in [-0.4, -0.2) is 36.7 Å². The quantitative estimate of drug-likeness (QED) is 0.699. The highest BCUT2D eigenvalue weighted by atomic mass is 16.5. The molecule has 2 aromatic carbocycles. The Labute approximate surface area is 149 Å². The van der Waals surface area contributed by atoms with E-state index >= 15 is 0 Å². The van der Waals surface area contributed by atoms with E-state index in [-0.39, 0.29) is 0 Å². The van der Waals surface area contributed by atoms with E-state index in [4.69, 9.17) is 4.74 Å². The minimum Gasteiger partial charge on any atom is -0.493 e. The molecule has 4 rings (SSSR count). The van der Waals surface area contributed by atoms with Gasteiger partial charge in [-0.15, -0.1) is 0 Å². The number of benzene rings is 2. The third kappa shape index (κ3) is 2.93. The van der Waals surface area contributed by atoms with Gasteiger partial charge in [0.15, 0.2) is 0 Å². The molecule has 1 aliphatic heterocycles. The predicted molar refractivity (Wildman–Crippen MR) is 104 cm³/mol. The molecule has 25 heavy (non-hydrogen) atoms. The van der Waals surface area contributed by atoms with Crippen molar-refractivity contribution in [2.45, 2.75) is 26.3 Å². The summed E-state index contributed by atoms with van der Waals surface area (Å²) >= 11 is 0. The van der Waals surface area contributed by atoms with Gasteiger partial charge in [-0.1, -0.05) is 23.8 Å². The van der Waals surface area contributed by atoms with Crippen molar-refractivity contribution < 1.29 is 4.74 Å². The molecule has 3 heteroatoms. The van der Waals surface area contributed by atoms with E-state index in [1.54, 1.807) is 0 Å². The van der Waals surface area contributed by atoms with Gasteiger partial charge in [-0.05, 0) is 63.8 Å². The van der Waals surface area contributed by atoms with Gasteiger partial charge >= 0.3 is 0 Å². The number of para-hydroxylation sites is 1. The van der Waals surface area contributed by atoms with Crippen LogP contribution in [0.15, 0.2) is 42.5 Å². The molecular weight excluding hydrogens is 308 g/mol. The molecule has 1 aromatic heterocycles.